The molecule has 0 radical (unpaired) electrons. The lowest BCUT2D eigenvalue weighted by atomic mass is 10.0. The van der Waals surface area contributed by atoms with E-state index < -0.39 is 17.4 Å². The first-order valence-electron chi connectivity index (χ1n) is 5.63. The Morgan fingerprint density at radius 3 is 2.42 bits per heavy atom. The van der Waals surface area contributed by atoms with Gasteiger partial charge < -0.3 is 0 Å². The fraction of sp³-hybridized carbons (Fsp3) is 0.143. The zero-order valence-corrected chi connectivity index (χ0v) is 10.7. The summed E-state index contributed by atoms with van der Waals surface area (Å²) in [5, 5.41) is 1.77. The molecule has 1 heterocycles. The number of Topliss-reactive ketones (excluding diaryl/α,β-unsaturated/α-hetero) is 2. The number of ketones is 2. The van der Waals surface area contributed by atoms with Crippen molar-refractivity contribution in [2.45, 2.75) is 12.8 Å². The van der Waals surface area contributed by atoms with Crippen molar-refractivity contribution >= 4 is 22.9 Å². The number of rotatable bonds is 5. The van der Waals surface area contributed by atoms with Crippen LogP contribution in [-0.2, 0) is 0 Å². The van der Waals surface area contributed by atoms with Gasteiger partial charge in [0.15, 0.2) is 23.2 Å². The Balaban J connectivity index is 2.02. The van der Waals surface area contributed by atoms with Crippen LogP contribution >= 0.6 is 11.3 Å². The highest BCUT2D eigenvalue weighted by atomic mass is 32.1. The van der Waals surface area contributed by atoms with Crippen molar-refractivity contribution in [1.82, 2.24) is 0 Å². The molecule has 0 N–H and O–H groups in total. The maximum absolute atomic E-state index is 13.4. The second-order valence-corrected chi connectivity index (χ2v) is 4.87. The van der Waals surface area contributed by atoms with Crippen LogP contribution in [0, 0.1) is 11.6 Å². The molecule has 0 atom stereocenters. The molecule has 0 saturated carbocycles. The van der Waals surface area contributed by atoms with Gasteiger partial charge in [-0.05, 0) is 23.6 Å². The molecule has 98 valence electrons. The minimum absolute atomic E-state index is 0.00466. The van der Waals surface area contributed by atoms with Crippen LogP contribution in [0.25, 0.3) is 0 Å². The molecular formula is C14H10F2O2S. The quantitative estimate of drug-likeness (QED) is 0.779. The lowest BCUT2D eigenvalue weighted by Gasteiger charge is -2.02. The van der Waals surface area contributed by atoms with Crippen molar-refractivity contribution < 1.29 is 18.4 Å². The molecule has 0 fully saturated rings. The van der Waals surface area contributed by atoms with E-state index in [1.165, 1.54) is 23.5 Å². The highest BCUT2D eigenvalue weighted by molar-refractivity contribution is 7.12. The molecule has 0 unspecified atom stereocenters. The van der Waals surface area contributed by atoms with Crippen LogP contribution in [0.1, 0.15) is 32.9 Å². The summed E-state index contributed by atoms with van der Waals surface area (Å²) in [6.07, 6.45) is -0.133. The third kappa shape index (κ3) is 3.12. The molecule has 2 rings (SSSR count). The lowest BCUT2D eigenvalue weighted by Crippen LogP contribution is -2.07. The summed E-state index contributed by atoms with van der Waals surface area (Å²) in [7, 11) is 0. The SMILES string of the molecule is O=C(CCC(=O)c1cccc(F)c1F)c1cccs1. The summed E-state index contributed by atoms with van der Waals surface area (Å²) in [6, 6.07) is 6.85. The zero-order valence-electron chi connectivity index (χ0n) is 9.86. The molecule has 0 aliphatic heterocycles. The normalized spacial score (nSPS) is 10.4. The van der Waals surface area contributed by atoms with Gasteiger partial charge in [-0.2, -0.15) is 0 Å². The monoisotopic (exact) mass is 280 g/mol. The van der Waals surface area contributed by atoms with E-state index in [2.05, 4.69) is 0 Å². The van der Waals surface area contributed by atoms with Gasteiger partial charge in [-0.25, -0.2) is 8.78 Å². The average Bonchev–Trinajstić information content (AvgIpc) is 2.93. The predicted octanol–water partition coefficient (Wildman–Crippen LogP) is 3.87. The number of carbonyl (C=O) groups is 2. The standard InChI is InChI=1S/C14H10F2O2S/c15-10-4-1-3-9(14(10)16)11(17)6-7-12(18)13-5-2-8-19-13/h1-5,8H,6-7H2. The first-order valence-corrected chi connectivity index (χ1v) is 6.51. The van der Waals surface area contributed by atoms with Crippen molar-refractivity contribution in [3.8, 4) is 0 Å². The smallest absolute Gasteiger partial charge is 0.173 e. The van der Waals surface area contributed by atoms with Crippen LogP contribution in [0.3, 0.4) is 0 Å². The summed E-state index contributed by atoms with van der Waals surface area (Å²) in [5.74, 6) is -2.95. The molecule has 1 aromatic heterocycles. The summed E-state index contributed by atoms with van der Waals surface area (Å²) < 4.78 is 26.3. The van der Waals surface area contributed by atoms with E-state index >= 15 is 0 Å². The molecule has 0 aliphatic rings. The van der Waals surface area contributed by atoms with Crippen LogP contribution in [0.15, 0.2) is 35.7 Å². The fourth-order valence-electron chi connectivity index (χ4n) is 1.64. The Morgan fingerprint density at radius 2 is 1.74 bits per heavy atom. The molecular weight excluding hydrogens is 270 g/mol. The van der Waals surface area contributed by atoms with Crippen molar-refractivity contribution in [2.75, 3.05) is 0 Å². The molecule has 5 heteroatoms. The molecule has 0 amide bonds. The number of hydrogen-bond donors (Lipinski definition) is 0. The first-order chi connectivity index (χ1) is 9.09. The Labute approximate surface area is 112 Å². The van der Waals surface area contributed by atoms with E-state index in [0.29, 0.717) is 4.88 Å². The summed E-state index contributed by atoms with van der Waals surface area (Å²) in [4.78, 5) is 24.0. The van der Waals surface area contributed by atoms with Crippen LogP contribution in [0.2, 0.25) is 0 Å². The van der Waals surface area contributed by atoms with Gasteiger partial charge in [-0.3, -0.25) is 9.59 Å². The van der Waals surface area contributed by atoms with Gasteiger partial charge in [0.2, 0.25) is 0 Å². The highest BCUT2D eigenvalue weighted by Gasteiger charge is 2.16. The average molecular weight is 280 g/mol. The van der Waals surface area contributed by atoms with E-state index in [1.807, 2.05) is 0 Å². The Morgan fingerprint density at radius 1 is 1.00 bits per heavy atom. The molecule has 2 aromatic rings. The summed E-state index contributed by atoms with van der Waals surface area (Å²) >= 11 is 1.29. The topological polar surface area (TPSA) is 34.1 Å². The Bertz CT molecular complexity index is 606. The fourth-order valence-corrected chi connectivity index (χ4v) is 2.34. The van der Waals surface area contributed by atoms with Gasteiger partial charge >= 0.3 is 0 Å². The molecule has 0 saturated heterocycles. The maximum Gasteiger partial charge on any atom is 0.173 e. The molecule has 19 heavy (non-hydrogen) atoms. The molecule has 0 bridgehead atoms. The minimum atomic E-state index is -1.16. The molecule has 1 aromatic carbocycles. The maximum atomic E-state index is 13.4. The first kappa shape index (κ1) is 13.5. The Kier molecular flexibility index (Phi) is 4.16. The van der Waals surface area contributed by atoms with Gasteiger partial charge in [0.05, 0.1) is 10.4 Å². The number of carbonyl (C=O) groups excluding carboxylic acids is 2. The van der Waals surface area contributed by atoms with Gasteiger partial charge in [-0.15, -0.1) is 11.3 Å². The van der Waals surface area contributed by atoms with E-state index in [0.717, 1.165) is 6.07 Å². The number of halogens is 2. The molecule has 2 nitrogen and oxygen atoms in total. The second-order valence-electron chi connectivity index (χ2n) is 3.93. The Hall–Kier alpha value is -1.88. The van der Waals surface area contributed by atoms with Crippen LogP contribution in [-0.4, -0.2) is 11.6 Å². The lowest BCUT2D eigenvalue weighted by molar-refractivity contribution is 0.0916. The zero-order chi connectivity index (χ0) is 13.8. The van der Waals surface area contributed by atoms with E-state index in [9.17, 15) is 18.4 Å². The van der Waals surface area contributed by atoms with Gasteiger partial charge in [0.1, 0.15) is 0 Å². The van der Waals surface area contributed by atoms with E-state index in [1.54, 1.807) is 17.5 Å². The summed E-state index contributed by atoms with van der Waals surface area (Å²) in [5.41, 5.74) is -0.307. The van der Waals surface area contributed by atoms with Crippen LogP contribution in [0.4, 0.5) is 8.78 Å². The number of thiophene rings is 1. The number of benzene rings is 1. The van der Waals surface area contributed by atoms with Gasteiger partial charge in [0, 0.05) is 12.8 Å². The van der Waals surface area contributed by atoms with Crippen LogP contribution < -0.4 is 0 Å². The van der Waals surface area contributed by atoms with E-state index in [-0.39, 0.29) is 24.2 Å². The minimum Gasteiger partial charge on any atom is -0.294 e. The third-order valence-corrected chi connectivity index (χ3v) is 3.54. The largest absolute Gasteiger partial charge is 0.294 e. The van der Waals surface area contributed by atoms with E-state index in [4.69, 9.17) is 0 Å². The van der Waals surface area contributed by atoms with Crippen molar-refractivity contribution in [1.29, 1.82) is 0 Å². The van der Waals surface area contributed by atoms with Crippen molar-refractivity contribution in [3.05, 3.63) is 57.8 Å². The third-order valence-electron chi connectivity index (χ3n) is 2.63. The molecule has 0 aliphatic carbocycles. The van der Waals surface area contributed by atoms with Crippen molar-refractivity contribution in [2.24, 2.45) is 0 Å². The van der Waals surface area contributed by atoms with Gasteiger partial charge in [-0.1, -0.05) is 12.1 Å². The van der Waals surface area contributed by atoms with Crippen LogP contribution in [0.5, 0.6) is 0 Å². The predicted molar refractivity (Wildman–Crippen MR) is 68.6 cm³/mol. The van der Waals surface area contributed by atoms with Crippen molar-refractivity contribution in [3.63, 3.8) is 0 Å². The van der Waals surface area contributed by atoms with Gasteiger partial charge in [0.25, 0.3) is 0 Å². The number of hydrogen-bond acceptors (Lipinski definition) is 3. The molecule has 0 spiro atoms. The second kappa shape index (κ2) is 5.84. The summed E-state index contributed by atoms with van der Waals surface area (Å²) in [6.45, 7) is 0. The highest BCUT2D eigenvalue weighted by Crippen LogP contribution is 2.16.